The summed E-state index contributed by atoms with van der Waals surface area (Å²) in [5.74, 6) is 0. The minimum absolute atomic E-state index is 0.187. The number of fused-ring (bicyclic) bond motifs is 10. The first kappa shape index (κ1) is 31.1. The summed E-state index contributed by atoms with van der Waals surface area (Å²) in [4.78, 5) is 7.98. The highest BCUT2D eigenvalue weighted by Crippen LogP contribution is 2.62. The van der Waals surface area contributed by atoms with Crippen LogP contribution >= 0.6 is 11.8 Å². The SMILES string of the molecule is c1ccc(-c2ccc(C3N=C(c4ccc(-c5ccc6c(c5)C5(c7ccccc7Sc7ccccc75)c5ccccc5-6)cc4)c4ccccc4N3)cc2)cc1. The quantitative estimate of drug-likeness (QED) is 0.197. The van der Waals surface area contributed by atoms with Crippen LogP contribution in [0.5, 0.6) is 0 Å². The summed E-state index contributed by atoms with van der Waals surface area (Å²) in [5, 5.41) is 3.69. The van der Waals surface area contributed by atoms with Crippen molar-refractivity contribution in [3.63, 3.8) is 0 Å². The van der Waals surface area contributed by atoms with Gasteiger partial charge >= 0.3 is 0 Å². The van der Waals surface area contributed by atoms with Gasteiger partial charge in [-0.05, 0) is 85.5 Å². The van der Waals surface area contributed by atoms with Crippen LogP contribution in [0.3, 0.4) is 0 Å². The molecule has 2 nitrogen and oxygen atoms in total. The Balaban J connectivity index is 0.997. The lowest BCUT2D eigenvalue weighted by molar-refractivity contribution is 0.722. The molecule has 3 aliphatic rings. The van der Waals surface area contributed by atoms with Crippen LogP contribution in [0, 0.1) is 0 Å². The van der Waals surface area contributed by atoms with Crippen LogP contribution in [-0.2, 0) is 5.41 Å². The highest BCUT2D eigenvalue weighted by molar-refractivity contribution is 7.99. The molecule has 1 unspecified atom stereocenters. The van der Waals surface area contributed by atoms with E-state index in [4.69, 9.17) is 4.99 Å². The lowest BCUT2D eigenvalue weighted by Crippen LogP contribution is -2.31. The normalized spacial score (nSPS) is 15.6. The number of rotatable bonds is 4. The van der Waals surface area contributed by atoms with Gasteiger partial charge in [0, 0.05) is 26.6 Å². The van der Waals surface area contributed by atoms with E-state index in [0.717, 1.165) is 28.1 Å². The van der Waals surface area contributed by atoms with E-state index in [-0.39, 0.29) is 11.6 Å². The van der Waals surface area contributed by atoms with E-state index >= 15 is 0 Å². The third kappa shape index (κ3) is 4.72. The Labute approximate surface area is 319 Å². The van der Waals surface area contributed by atoms with Crippen molar-refractivity contribution in [2.45, 2.75) is 21.4 Å². The maximum atomic E-state index is 5.34. The van der Waals surface area contributed by atoms with Crippen LogP contribution in [-0.4, -0.2) is 5.71 Å². The summed E-state index contributed by atoms with van der Waals surface area (Å²) >= 11 is 1.89. The molecule has 0 aromatic heterocycles. The zero-order chi connectivity index (χ0) is 35.6. The molecule has 0 bridgehead atoms. The third-order valence-electron chi connectivity index (χ3n) is 11.4. The molecule has 1 aliphatic carbocycles. The molecular formula is C51H34N2S. The highest BCUT2D eigenvalue weighted by atomic mass is 32.2. The molecule has 0 fully saturated rings. The molecule has 2 heterocycles. The van der Waals surface area contributed by atoms with Crippen LogP contribution in [0.25, 0.3) is 33.4 Å². The monoisotopic (exact) mass is 706 g/mol. The Morgan fingerprint density at radius 1 is 0.407 bits per heavy atom. The first-order chi connectivity index (χ1) is 26.8. The molecule has 1 N–H and O–H groups in total. The number of benzene rings is 8. The van der Waals surface area contributed by atoms with Gasteiger partial charge in [0.2, 0.25) is 0 Å². The largest absolute Gasteiger partial charge is 0.360 e. The molecule has 3 heteroatoms. The van der Waals surface area contributed by atoms with Gasteiger partial charge in [-0.2, -0.15) is 0 Å². The number of para-hydroxylation sites is 1. The smallest absolute Gasteiger partial charge is 0.145 e. The van der Waals surface area contributed by atoms with E-state index in [1.165, 1.54) is 65.4 Å². The lowest BCUT2D eigenvalue weighted by Gasteiger charge is -2.39. The van der Waals surface area contributed by atoms with Gasteiger partial charge in [-0.15, -0.1) is 0 Å². The van der Waals surface area contributed by atoms with E-state index in [1.54, 1.807) is 0 Å². The molecule has 254 valence electrons. The summed E-state index contributed by atoms with van der Waals surface area (Å²) in [5.41, 5.74) is 18.0. The number of aliphatic imine (C=N–C) groups is 1. The Hall–Kier alpha value is -6.42. The molecule has 0 amide bonds. The van der Waals surface area contributed by atoms with Gasteiger partial charge < -0.3 is 5.32 Å². The number of nitrogens with one attached hydrogen (secondary N) is 1. The fourth-order valence-corrected chi connectivity index (χ4v) is 10.1. The molecule has 8 aromatic carbocycles. The van der Waals surface area contributed by atoms with Crippen molar-refractivity contribution >= 4 is 23.2 Å². The average molecular weight is 707 g/mol. The standard InChI is InChI=1S/C51H34N2S/c1-2-12-33(13-3-1)34-24-28-37(29-25-34)50-52-46-19-9-5-15-41(46)49(53-50)36-26-22-35(23-27-36)38-30-31-40-39-14-4-6-16-42(39)51(45(40)32-38)43-17-7-10-20-47(43)54-48-21-11-8-18-44(48)51/h1-32,50,52H. The molecule has 8 aromatic rings. The second kappa shape index (κ2) is 12.3. The fourth-order valence-electron chi connectivity index (χ4n) is 8.92. The van der Waals surface area contributed by atoms with E-state index < -0.39 is 0 Å². The molecule has 0 radical (unpaired) electrons. The molecule has 11 rings (SSSR count). The van der Waals surface area contributed by atoms with E-state index in [9.17, 15) is 0 Å². The van der Waals surface area contributed by atoms with Crippen LogP contribution in [0.15, 0.2) is 209 Å². The summed E-state index contributed by atoms with van der Waals surface area (Å²) in [7, 11) is 0. The predicted molar refractivity (Wildman–Crippen MR) is 224 cm³/mol. The summed E-state index contributed by atoms with van der Waals surface area (Å²) < 4.78 is 0. The Kier molecular flexibility index (Phi) is 7.11. The van der Waals surface area contributed by atoms with Gasteiger partial charge in [0.1, 0.15) is 6.17 Å². The number of nitrogens with zero attached hydrogens (tertiary/aromatic N) is 1. The fraction of sp³-hybridized carbons (Fsp3) is 0.0392. The maximum absolute atomic E-state index is 5.34. The maximum Gasteiger partial charge on any atom is 0.145 e. The van der Waals surface area contributed by atoms with Crippen LogP contribution in [0.2, 0.25) is 0 Å². The minimum Gasteiger partial charge on any atom is -0.360 e. The zero-order valence-corrected chi connectivity index (χ0v) is 30.2. The van der Waals surface area contributed by atoms with Crippen LogP contribution in [0.4, 0.5) is 5.69 Å². The lowest BCUT2D eigenvalue weighted by atomic mass is 9.67. The summed E-state index contributed by atoms with van der Waals surface area (Å²) in [6, 6.07) is 70.9. The number of hydrogen-bond donors (Lipinski definition) is 1. The highest BCUT2D eigenvalue weighted by Gasteiger charge is 2.50. The zero-order valence-electron chi connectivity index (χ0n) is 29.4. The topological polar surface area (TPSA) is 24.4 Å². The second-order valence-corrected chi connectivity index (χ2v) is 15.4. The van der Waals surface area contributed by atoms with E-state index in [1.807, 2.05) is 11.8 Å². The Bertz CT molecular complexity index is 2720. The molecule has 1 spiro atoms. The molecule has 1 atom stereocenters. The van der Waals surface area contributed by atoms with E-state index in [0.29, 0.717) is 0 Å². The average Bonchev–Trinajstić information content (AvgIpc) is 3.54. The van der Waals surface area contributed by atoms with Crippen LogP contribution in [0.1, 0.15) is 45.1 Å². The van der Waals surface area contributed by atoms with Gasteiger partial charge in [0.15, 0.2) is 0 Å². The van der Waals surface area contributed by atoms with Gasteiger partial charge in [0.25, 0.3) is 0 Å². The molecule has 0 saturated carbocycles. The first-order valence-corrected chi connectivity index (χ1v) is 19.4. The summed E-state index contributed by atoms with van der Waals surface area (Å²) in [6.45, 7) is 0. The van der Waals surface area contributed by atoms with Gasteiger partial charge in [-0.1, -0.05) is 182 Å². The van der Waals surface area contributed by atoms with Crippen LogP contribution < -0.4 is 5.32 Å². The molecule has 0 saturated heterocycles. The van der Waals surface area contributed by atoms with E-state index in [2.05, 4.69) is 199 Å². The van der Waals surface area contributed by atoms with Gasteiger partial charge in [0.05, 0.1) is 11.1 Å². The second-order valence-electron chi connectivity index (χ2n) is 14.3. The molecule has 54 heavy (non-hydrogen) atoms. The third-order valence-corrected chi connectivity index (χ3v) is 12.6. The predicted octanol–water partition coefficient (Wildman–Crippen LogP) is 12.8. The van der Waals surface area contributed by atoms with Gasteiger partial charge in [-0.3, -0.25) is 4.99 Å². The van der Waals surface area contributed by atoms with Crippen molar-refractivity contribution in [1.82, 2.24) is 0 Å². The minimum atomic E-state index is -0.387. The Morgan fingerprint density at radius 2 is 0.926 bits per heavy atom. The summed E-state index contributed by atoms with van der Waals surface area (Å²) in [6.07, 6.45) is -0.187. The van der Waals surface area contributed by atoms with Crippen molar-refractivity contribution in [1.29, 1.82) is 0 Å². The first-order valence-electron chi connectivity index (χ1n) is 18.6. The molecular weight excluding hydrogens is 673 g/mol. The van der Waals surface area contributed by atoms with Crippen molar-refractivity contribution in [3.8, 4) is 33.4 Å². The van der Waals surface area contributed by atoms with Crippen molar-refractivity contribution in [3.05, 3.63) is 233 Å². The number of anilines is 1. The number of hydrogen-bond acceptors (Lipinski definition) is 3. The van der Waals surface area contributed by atoms with Crippen molar-refractivity contribution in [2.75, 3.05) is 5.32 Å². The van der Waals surface area contributed by atoms with Crippen molar-refractivity contribution in [2.24, 2.45) is 4.99 Å². The molecule has 2 aliphatic heterocycles. The Morgan fingerprint density at radius 3 is 1.67 bits per heavy atom. The van der Waals surface area contributed by atoms with Gasteiger partial charge in [-0.25, -0.2) is 0 Å². The van der Waals surface area contributed by atoms with Crippen molar-refractivity contribution < 1.29 is 0 Å².